The standard InChI is InChI=1S/C25H26N6O3S2/c1-4-34-20-9-7-19(8-10-20)31-21(14-27-23(33)18-6-5-16(2)17(3)13-18)29-30-25(31)36-15-22(32)28-24-26-11-12-35-24/h5-13H,4,14-15H2,1-3H3,(H,27,33)(H,26,28,32). The van der Waals surface area contributed by atoms with Gasteiger partial charge in [0, 0.05) is 22.8 Å². The molecule has 2 aromatic heterocycles. The largest absolute Gasteiger partial charge is 0.494 e. The number of thiazole rings is 1. The first-order chi connectivity index (χ1) is 17.4. The van der Waals surface area contributed by atoms with Crippen molar-refractivity contribution < 1.29 is 14.3 Å². The lowest BCUT2D eigenvalue weighted by Crippen LogP contribution is -2.24. The van der Waals surface area contributed by atoms with Gasteiger partial charge in [-0.05, 0) is 68.3 Å². The first kappa shape index (κ1) is 25.4. The van der Waals surface area contributed by atoms with Gasteiger partial charge in [-0.2, -0.15) is 0 Å². The Kier molecular flexibility index (Phi) is 8.34. The molecule has 0 atom stereocenters. The number of thioether (sulfide) groups is 1. The Hall–Kier alpha value is -3.70. The highest BCUT2D eigenvalue weighted by atomic mass is 32.2. The number of carbonyl (C=O) groups is 2. The van der Waals surface area contributed by atoms with E-state index in [1.807, 2.05) is 61.7 Å². The van der Waals surface area contributed by atoms with Crippen molar-refractivity contribution in [1.82, 2.24) is 25.1 Å². The lowest BCUT2D eigenvalue weighted by Gasteiger charge is -2.12. The Bertz CT molecular complexity index is 1340. The van der Waals surface area contributed by atoms with Crippen LogP contribution in [-0.2, 0) is 11.3 Å². The maximum absolute atomic E-state index is 12.8. The van der Waals surface area contributed by atoms with Crippen molar-refractivity contribution >= 4 is 40.0 Å². The zero-order chi connectivity index (χ0) is 25.5. The summed E-state index contributed by atoms with van der Waals surface area (Å²) in [4.78, 5) is 29.2. The first-order valence-electron chi connectivity index (χ1n) is 11.3. The van der Waals surface area contributed by atoms with E-state index < -0.39 is 0 Å². The van der Waals surface area contributed by atoms with Crippen LogP contribution >= 0.6 is 23.1 Å². The van der Waals surface area contributed by atoms with E-state index in [0.29, 0.717) is 28.3 Å². The van der Waals surface area contributed by atoms with E-state index in [4.69, 9.17) is 4.74 Å². The van der Waals surface area contributed by atoms with Gasteiger partial charge in [-0.1, -0.05) is 17.8 Å². The topological polar surface area (TPSA) is 111 Å². The highest BCUT2D eigenvalue weighted by molar-refractivity contribution is 7.99. The van der Waals surface area contributed by atoms with Crippen LogP contribution in [0.1, 0.15) is 34.2 Å². The van der Waals surface area contributed by atoms with Crippen LogP contribution in [-0.4, -0.2) is 43.9 Å². The molecule has 2 heterocycles. The van der Waals surface area contributed by atoms with Crippen molar-refractivity contribution in [1.29, 1.82) is 0 Å². The zero-order valence-corrected chi connectivity index (χ0v) is 21.8. The average Bonchev–Trinajstić information content (AvgIpc) is 3.53. The Morgan fingerprint density at radius 1 is 1.08 bits per heavy atom. The van der Waals surface area contributed by atoms with Crippen molar-refractivity contribution in [2.75, 3.05) is 17.7 Å². The molecule has 0 fully saturated rings. The molecule has 186 valence electrons. The summed E-state index contributed by atoms with van der Waals surface area (Å²) in [6.45, 7) is 6.64. The van der Waals surface area contributed by atoms with Gasteiger partial charge >= 0.3 is 0 Å². The van der Waals surface area contributed by atoms with Gasteiger partial charge in [0.15, 0.2) is 16.1 Å². The fourth-order valence-electron chi connectivity index (χ4n) is 3.34. The smallest absolute Gasteiger partial charge is 0.251 e. The lowest BCUT2D eigenvalue weighted by molar-refractivity contribution is -0.113. The van der Waals surface area contributed by atoms with Gasteiger partial charge in [-0.15, -0.1) is 21.5 Å². The van der Waals surface area contributed by atoms with Crippen LogP contribution in [0.4, 0.5) is 5.13 Å². The van der Waals surface area contributed by atoms with Crippen LogP contribution in [0, 0.1) is 13.8 Å². The van der Waals surface area contributed by atoms with Crippen molar-refractivity contribution in [3.05, 3.63) is 76.6 Å². The third kappa shape index (κ3) is 6.29. The Labute approximate surface area is 217 Å². The van der Waals surface area contributed by atoms with Gasteiger partial charge < -0.3 is 15.4 Å². The monoisotopic (exact) mass is 522 g/mol. The predicted octanol–water partition coefficient (Wildman–Crippen LogP) is 4.40. The number of amides is 2. The van der Waals surface area contributed by atoms with Gasteiger partial charge in [0.1, 0.15) is 5.75 Å². The van der Waals surface area contributed by atoms with Crippen LogP contribution < -0.4 is 15.4 Å². The molecule has 4 aromatic rings. The number of nitrogens with zero attached hydrogens (tertiary/aromatic N) is 4. The van der Waals surface area contributed by atoms with Crippen LogP contribution in [0.2, 0.25) is 0 Å². The quantitative estimate of drug-likeness (QED) is 0.297. The molecule has 0 aliphatic heterocycles. The minimum absolute atomic E-state index is 0.129. The molecule has 2 N–H and O–H groups in total. The van der Waals surface area contributed by atoms with E-state index in [0.717, 1.165) is 22.6 Å². The molecule has 36 heavy (non-hydrogen) atoms. The molecule has 0 saturated heterocycles. The Balaban J connectivity index is 1.52. The summed E-state index contributed by atoms with van der Waals surface area (Å²) >= 11 is 2.61. The minimum Gasteiger partial charge on any atom is -0.494 e. The van der Waals surface area contributed by atoms with Crippen LogP contribution in [0.3, 0.4) is 0 Å². The summed E-state index contributed by atoms with van der Waals surface area (Å²) in [5.41, 5.74) is 3.55. The number of hydrogen-bond donors (Lipinski definition) is 2. The minimum atomic E-state index is -0.198. The second-order valence-corrected chi connectivity index (χ2v) is 9.65. The highest BCUT2D eigenvalue weighted by Crippen LogP contribution is 2.24. The molecular formula is C25H26N6O3S2. The number of hydrogen-bond acceptors (Lipinski definition) is 8. The molecular weight excluding hydrogens is 496 g/mol. The highest BCUT2D eigenvalue weighted by Gasteiger charge is 2.18. The van der Waals surface area contributed by atoms with Crippen LogP contribution in [0.5, 0.6) is 5.75 Å². The van der Waals surface area contributed by atoms with E-state index in [1.165, 1.54) is 23.1 Å². The van der Waals surface area contributed by atoms with Gasteiger partial charge in [-0.25, -0.2) is 4.98 Å². The summed E-state index contributed by atoms with van der Waals surface area (Å²) in [6, 6.07) is 13.1. The van der Waals surface area contributed by atoms with Crippen molar-refractivity contribution in [3.63, 3.8) is 0 Å². The van der Waals surface area contributed by atoms with E-state index in [1.54, 1.807) is 17.6 Å². The normalized spacial score (nSPS) is 10.8. The van der Waals surface area contributed by atoms with E-state index >= 15 is 0 Å². The van der Waals surface area contributed by atoms with Gasteiger partial charge in [0.2, 0.25) is 5.91 Å². The number of aromatic nitrogens is 4. The molecule has 0 spiro atoms. The van der Waals surface area contributed by atoms with Gasteiger partial charge in [0.05, 0.1) is 18.9 Å². The third-order valence-corrected chi connectivity index (χ3v) is 6.91. The molecule has 0 aliphatic carbocycles. The molecule has 0 bridgehead atoms. The fraction of sp³-hybridized carbons (Fsp3) is 0.240. The lowest BCUT2D eigenvalue weighted by atomic mass is 10.1. The molecule has 0 radical (unpaired) electrons. The number of rotatable bonds is 10. The number of carbonyl (C=O) groups excluding carboxylic acids is 2. The first-order valence-corrected chi connectivity index (χ1v) is 13.2. The summed E-state index contributed by atoms with van der Waals surface area (Å²) in [6.07, 6.45) is 1.63. The zero-order valence-electron chi connectivity index (χ0n) is 20.1. The Morgan fingerprint density at radius 2 is 1.89 bits per heavy atom. The second kappa shape index (κ2) is 11.8. The number of ether oxygens (including phenoxy) is 1. The summed E-state index contributed by atoms with van der Waals surface area (Å²) in [5.74, 6) is 1.02. The van der Waals surface area contributed by atoms with Crippen LogP contribution in [0.15, 0.2) is 59.2 Å². The predicted molar refractivity (Wildman–Crippen MR) is 141 cm³/mol. The fourth-order valence-corrected chi connectivity index (χ4v) is 4.66. The second-order valence-electron chi connectivity index (χ2n) is 7.82. The Morgan fingerprint density at radius 3 is 2.58 bits per heavy atom. The summed E-state index contributed by atoms with van der Waals surface area (Å²) in [7, 11) is 0. The number of nitrogens with one attached hydrogen (secondary N) is 2. The number of aryl methyl sites for hydroxylation is 2. The molecule has 2 amide bonds. The third-order valence-electron chi connectivity index (χ3n) is 5.29. The van der Waals surface area contributed by atoms with Gasteiger partial charge in [-0.3, -0.25) is 14.2 Å². The van der Waals surface area contributed by atoms with Crippen molar-refractivity contribution in [3.8, 4) is 11.4 Å². The van der Waals surface area contributed by atoms with E-state index in [9.17, 15) is 9.59 Å². The summed E-state index contributed by atoms with van der Waals surface area (Å²) in [5, 5.41) is 17.2. The number of benzene rings is 2. The molecule has 4 rings (SSSR count). The van der Waals surface area contributed by atoms with E-state index in [2.05, 4.69) is 25.8 Å². The van der Waals surface area contributed by atoms with Crippen molar-refractivity contribution in [2.24, 2.45) is 0 Å². The maximum atomic E-state index is 12.8. The molecule has 0 aliphatic rings. The molecule has 0 saturated carbocycles. The molecule has 11 heteroatoms. The van der Waals surface area contributed by atoms with Gasteiger partial charge in [0.25, 0.3) is 5.91 Å². The average molecular weight is 523 g/mol. The van der Waals surface area contributed by atoms with Crippen LogP contribution in [0.25, 0.3) is 5.69 Å². The van der Waals surface area contributed by atoms with E-state index in [-0.39, 0.29) is 24.1 Å². The molecule has 2 aromatic carbocycles. The molecule has 0 unspecified atom stereocenters. The maximum Gasteiger partial charge on any atom is 0.251 e. The number of anilines is 1. The molecule has 9 nitrogen and oxygen atoms in total. The SMILES string of the molecule is CCOc1ccc(-n2c(CNC(=O)c3ccc(C)c(C)c3)nnc2SCC(=O)Nc2nccs2)cc1. The summed E-state index contributed by atoms with van der Waals surface area (Å²) < 4.78 is 7.38. The van der Waals surface area contributed by atoms with Crippen molar-refractivity contribution in [2.45, 2.75) is 32.5 Å².